The van der Waals surface area contributed by atoms with Crippen LogP contribution in [0.2, 0.25) is 0 Å². The largest absolute Gasteiger partial charge is 0.489 e. The lowest BCUT2D eigenvalue weighted by Crippen LogP contribution is -2.59. The van der Waals surface area contributed by atoms with E-state index in [0.717, 1.165) is 33.5 Å². The van der Waals surface area contributed by atoms with Gasteiger partial charge in [0, 0.05) is 23.7 Å². The van der Waals surface area contributed by atoms with Crippen molar-refractivity contribution in [2.24, 2.45) is 11.3 Å². The number of ether oxygens (including phenoxy) is 1. The Morgan fingerprint density at radius 1 is 1.20 bits per heavy atom. The number of rotatable bonds is 7. The number of hydrogen-bond donors (Lipinski definition) is 2. The van der Waals surface area contributed by atoms with Crippen LogP contribution in [0.3, 0.4) is 0 Å². The van der Waals surface area contributed by atoms with Gasteiger partial charge in [-0.3, -0.25) is 15.5 Å². The Labute approximate surface area is 175 Å². The van der Waals surface area contributed by atoms with Crippen LogP contribution in [0.5, 0.6) is 5.75 Å². The predicted octanol–water partition coefficient (Wildman–Crippen LogP) is 2.19. The minimum atomic E-state index is -0.663. The number of carbonyl (C=O) groups is 2. The number of fused-ring (bicyclic) bond motifs is 1. The molecule has 3 aromatic rings. The van der Waals surface area contributed by atoms with Crippen LogP contribution in [0.4, 0.5) is 0 Å². The summed E-state index contributed by atoms with van der Waals surface area (Å²) >= 11 is 0. The van der Waals surface area contributed by atoms with E-state index in [1.165, 1.54) is 0 Å². The number of aromatic nitrogens is 1. The lowest BCUT2D eigenvalue weighted by Gasteiger charge is -2.15. The van der Waals surface area contributed by atoms with E-state index in [4.69, 9.17) is 4.74 Å². The van der Waals surface area contributed by atoms with Crippen molar-refractivity contribution in [2.45, 2.75) is 26.4 Å². The molecule has 0 spiro atoms. The zero-order valence-electron chi connectivity index (χ0n) is 17.3. The van der Waals surface area contributed by atoms with Gasteiger partial charge in [0.2, 0.25) is 5.91 Å². The zero-order valence-corrected chi connectivity index (χ0v) is 17.3. The molecule has 1 aromatic heterocycles. The van der Waals surface area contributed by atoms with E-state index >= 15 is 0 Å². The van der Waals surface area contributed by atoms with E-state index in [1.54, 1.807) is 7.05 Å². The van der Waals surface area contributed by atoms with E-state index in [2.05, 4.69) is 22.1 Å². The molecule has 1 aliphatic carbocycles. The average molecular weight is 404 g/mol. The third-order valence-corrected chi connectivity index (χ3v) is 5.91. The van der Waals surface area contributed by atoms with Crippen molar-refractivity contribution in [1.82, 2.24) is 10.3 Å². The van der Waals surface area contributed by atoms with E-state index in [-0.39, 0.29) is 17.7 Å². The summed E-state index contributed by atoms with van der Waals surface area (Å²) in [7, 11) is 1.61. The summed E-state index contributed by atoms with van der Waals surface area (Å²) in [5, 5.41) is 3.78. The standard InChI is InChI=1S/C24H25N3O3/c1-15-11-17(19-5-3-4-6-21(19)27-15)14-30-18-9-7-16(8-10-18)12-24(23(29)26-2)13-20(24)22(25)28/h3-11,20H,12-14H2,1-2H3,(H2,25,28)(H,26,29)/p+1/t20-,24+/m1/s1. The molecule has 6 nitrogen and oxygen atoms in total. The van der Waals surface area contributed by atoms with Gasteiger partial charge in [0.15, 0.2) is 0 Å². The van der Waals surface area contributed by atoms with E-state index in [1.807, 2.05) is 55.5 Å². The Balaban J connectivity index is 1.46. The zero-order chi connectivity index (χ0) is 21.3. The maximum atomic E-state index is 12.4. The average Bonchev–Trinajstić information content (AvgIpc) is 3.48. The Morgan fingerprint density at radius 3 is 2.60 bits per heavy atom. The quantitative estimate of drug-likeness (QED) is 0.631. The van der Waals surface area contributed by atoms with Crippen LogP contribution in [0.15, 0.2) is 54.6 Å². The molecule has 1 aliphatic rings. The summed E-state index contributed by atoms with van der Waals surface area (Å²) in [4.78, 5) is 28.6. The minimum absolute atomic E-state index is 0.0928. The molecule has 2 aromatic carbocycles. The van der Waals surface area contributed by atoms with Gasteiger partial charge in [-0.1, -0.05) is 30.3 Å². The highest BCUT2D eigenvalue weighted by Gasteiger charge is 2.64. The number of nitrogens with zero attached hydrogens (tertiary/aromatic N) is 1. The van der Waals surface area contributed by atoms with Crippen molar-refractivity contribution in [3.05, 3.63) is 71.4 Å². The van der Waals surface area contributed by atoms with Crippen molar-refractivity contribution >= 4 is 22.7 Å². The molecule has 1 heterocycles. The molecule has 4 N–H and O–H groups in total. The highest BCUT2D eigenvalue weighted by molar-refractivity contribution is 5.93. The van der Waals surface area contributed by atoms with Crippen LogP contribution in [0.25, 0.3) is 10.9 Å². The Morgan fingerprint density at radius 2 is 1.93 bits per heavy atom. The topological polar surface area (TPSA) is 95.9 Å². The highest BCUT2D eigenvalue weighted by atomic mass is 16.5. The van der Waals surface area contributed by atoms with Gasteiger partial charge in [0.25, 0.3) is 0 Å². The van der Waals surface area contributed by atoms with Crippen LogP contribution in [0, 0.1) is 18.3 Å². The molecule has 154 valence electrons. The predicted molar refractivity (Wildman–Crippen MR) is 113 cm³/mol. The fraction of sp³-hybridized carbons (Fsp3) is 0.292. The molecular weight excluding hydrogens is 378 g/mol. The van der Waals surface area contributed by atoms with Gasteiger partial charge in [-0.15, -0.1) is 0 Å². The highest BCUT2D eigenvalue weighted by Crippen LogP contribution is 2.54. The van der Waals surface area contributed by atoms with Crippen molar-refractivity contribution in [1.29, 1.82) is 0 Å². The first-order chi connectivity index (χ1) is 14.4. The van der Waals surface area contributed by atoms with Crippen molar-refractivity contribution in [3.63, 3.8) is 0 Å². The molecule has 0 radical (unpaired) electrons. The fourth-order valence-corrected chi connectivity index (χ4v) is 4.25. The SMILES string of the molecule is CNC(=O)[C@@]1(Cc2ccc(OCc3cc(C)nc4ccccc34)cc2)C[C@@H]1C([NH3+])=O. The maximum absolute atomic E-state index is 12.4. The molecule has 1 saturated carbocycles. The third-order valence-electron chi connectivity index (χ3n) is 5.91. The van der Waals surface area contributed by atoms with Crippen molar-refractivity contribution in [2.75, 3.05) is 7.05 Å². The molecule has 1 fully saturated rings. The summed E-state index contributed by atoms with van der Waals surface area (Å²) in [6.45, 7) is 2.43. The monoisotopic (exact) mass is 404 g/mol. The molecular formula is C24H26N3O3+. The molecule has 30 heavy (non-hydrogen) atoms. The van der Waals surface area contributed by atoms with Gasteiger partial charge < -0.3 is 10.1 Å². The molecule has 0 bridgehead atoms. The Bertz CT molecular complexity index is 1110. The number of hydrogen-bond acceptors (Lipinski definition) is 4. The number of benzene rings is 2. The first-order valence-electron chi connectivity index (χ1n) is 10.1. The number of nitrogens with one attached hydrogen (secondary N) is 1. The molecule has 6 heteroatoms. The van der Waals surface area contributed by atoms with Crippen LogP contribution in [-0.4, -0.2) is 23.8 Å². The first-order valence-corrected chi connectivity index (χ1v) is 10.1. The van der Waals surface area contributed by atoms with Crippen molar-refractivity contribution in [3.8, 4) is 5.75 Å². The summed E-state index contributed by atoms with van der Waals surface area (Å²) in [5.74, 6) is 0.201. The van der Waals surface area contributed by atoms with Gasteiger partial charge in [-0.2, -0.15) is 0 Å². The second-order valence-electron chi connectivity index (χ2n) is 8.01. The molecule has 0 unspecified atom stereocenters. The number of quaternary nitrogens is 1. The molecule has 2 amide bonds. The molecule has 0 aliphatic heterocycles. The van der Waals surface area contributed by atoms with Crippen LogP contribution in [-0.2, 0) is 22.6 Å². The molecule has 2 atom stereocenters. The normalized spacial score (nSPS) is 20.0. The summed E-state index contributed by atoms with van der Waals surface area (Å²) in [5.41, 5.74) is 6.86. The van der Waals surface area contributed by atoms with Crippen molar-refractivity contribution < 1.29 is 20.1 Å². The molecule has 0 saturated heterocycles. The molecule has 4 rings (SSSR count). The fourth-order valence-electron chi connectivity index (χ4n) is 4.25. The second-order valence-corrected chi connectivity index (χ2v) is 8.01. The Kier molecular flexibility index (Phi) is 5.26. The lowest BCUT2D eigenvalue weighted by atomic mass is 9.92. The number of aryl methyl sites for hydroxylation is 1. The van der Waals surface area contributed by atoms with Gasteiger partial charge in [0.05, 0.1) is 16.8 Å². The summed E-state index contributed by atoms with van der Waals surface area (Å²) in [6.07, 6.45) is 1.08. The lowest BCUT2D eigenvalue weighted by molar-refractivity contribution is -0.308. The van der Waals surface area contributed by atoms with E-state index < -0.39 is 5.41 Å². The summed E-state index contributed by atoms with van der Waals surface area (Å²) < 4.78 is 6.01. The third kappa shape index (κ3) is 3.78. The minimum Gasteiger partial charge on any atom is -0.489 e. The second kappa shape index (κ2) is 7.88. The van der Waals surface area contributed by atoms with Gasteiger partial charge in [0.1, 0.15) is 12.4 Å². The number of amides is 2. The van der Waals surface area contributed by atoms with Crippen LogP contribution >= 0.6 is 0 Å². The number of pyridine rings is 1. The summed E-state index contributed by atoms with van der Waals surface area (Å²) in [6, 6.07) is 17.8. The van der Waals surface area contributed by atoms with Gasteiger partial charge in [-0.25, -0.2) is 4.79 Å². The maximum Gasteiger partial charge on any atom is 0.313 e. The van der Waals surface area contributed by atoms with E-state index in [0.29, 0.717) is 19.4 Å². The van der Waals surface area contributed by atoms with Crippen LogP contribution in [0.1, 0.15) is 23.2 Å². The van der Waals surface area contributed by atoms with Gasteiger partial charge in [-0.05, 0) is 49.6 Å². The Hall–Kier alpha value is -3.25. The first kappa shape index (κ1) is 20.0. The van der Waals surface area contributed by atoms with E-state index in [9.17, 15) is 9.59 Å². The van der Waals surface area contributed by atoms with Gasteiger partial charge >= 0.3 is 5.91 Å². The number of carbonyl (C=O) groups excluding carboxylic acids is 2. The van der Waals surface area contributed by atoms with Crippen LogP contribution < -0.4 is 15.8 Å². The smallest absolute Gasteiger partial charge is 0.313 e. The number of para-hydroxylation sites is 1.